The third-order valence-corrected chi connectivity index (χ3v) is 5.90. The Hall–Kier alpha value is -2.37. The Morgan fingerprint density at radius 3 is 2.39 bits per heavy atom. The van der Waals surface area contributed by atoms with E-state index in [-0.39, 0.29) is 18.2 Å². The molecule has 31 heavy (non-hydrogen) atoms. The Labute approximate surface area is 190 Å². The molecule has 0 aliphatic carbocycles. The number of rotatable bonds is 7. The molecule has 1 aliphatic rings. The van der Waals surface area contributed by atoms with E-state index < -0.39 is 6.04 Å². The molecule has 1 N–H and O–H groups in total. The topological polar surface area (TPSA) is 52.6 Å². The predicted molar refractivity (Wildman–Crippen MR) is 125 cm³/mol. The fourth-order valence-electron chi connectivity index (χ4n) is 4.04. The summed E-state index contributed by atoms with van der Waals surface area (Å²) in [6.45, 7) is 8.90. The normalized spacial score (nSPS) is 16.1. The Kier molecular flexibility index (Phi) is 8.50. The van der Waals surface area contributed by atoms with E-state index in [1.165, 1.54) is 0 Å². The van der Waals surface area contributed by atoms with Crippen LogP contribution in [0.2, 0.25) is 5.02 Å². The van der Waals surface area contributed by atoms with E-state index in [1.54, 1.807) is 24.3 Å². The predicted octanol–water partition coefficient (Wildman–Crippen LogP) is 4.39. The highest BCUT2D eigenvalue weighted by Gasteiger charge is 2.25. The quantitative estimate of drug-likeness (QED) is 0.693. The molecule has 0 radical (unpaired) electrons. The number of hydrogen-bond acceptors (Lipinski definition) is 3. The van der Waals surface area contributed by atoms with Crippen LogP contribution in [0.25, 0.3) is 0 Å². The molecule has 166 valence electrons. The summed E-state index contributed by atoms with van der Waals surface area (Å²) in [5.41, 5.74) is 1.32. The van der Waals surface area contributed by atoms with Crippen LogP contribution in [0.1, 0.15) is 48.7 Å². The largest absolute Gasteiger partial charge is 0.345 e. The van der Waals surface area contributed by atoms with Crippen LogP contribution < -0.4 is 5.32 Å². The van der Waals surface area contributed by atoms with Gasteiger partial charge >= 0.3 is 0 Å². The van der Waals surface area contributed by atoms with Crippen molar-refractivity contribution in [3.8, 4) is 0 Å². The molecule has 5 nitrogen and oxygen atoms in total. The van der Waals surface area contributed by atoms with Crippen molar-refractivity contribution in [3.63, 3.8) is 0 Å². The smallest absolute Gasteiger partial charge is 0.253 e. The van der Waals surface area contributed by atoms with Crippen molar-refractivity contribution < 1.29 is 9.59 Å². The lowest BCUT2D eigenvalue weighted by Crippen LogP contribution is -2.39. The van der Waals surface area contributed by atoms with E-state index in [4.69, 9.17) is 11.6 Å². The average Bonchev–Trinajstić information content (AvgIpc) is 2.99. The summed E-state index contributed by atoms with van der Waals surface area (Å²) in [5, 5.41) is 3.43. The van der Waals surface area contributed by atoms with Gasteiger partial charge in [-0.15, -0.1) is 0 Å². The van der Waals surface area contributed by atoms with Crippen molar-refractivity contribution in [3.05, 3.63) is 70.7 Å². The number of nitrogens with zero attached hydrogens (tertiary/aromatic N) is 2. The Morgan fingerprint density at radius 2 is 1.68 bits per heavy atom. The van der Waals surface area contributed by atoms with E-state index in [9.17, 15) is 9.59 Å². The summed E-state index contributed by atoms with van der Waals surface area (Å²) in [5.74, 6) is 0.413. The van der Waals surface area contributed by atoms with Gasteiger partial charge in [0.15, 0.2) is 0 Å². The van der Waals surface area contributed by atoms with E-state index in [2.05, 4.69) is 24.1 Å². The summed E-state index contributed by atoms with van der Waals surface area (Å²) >= 11 is 6.20. The standard InChI is InChI=1S/C25H32ClN3O2/c1-19(2)18-28-13-8-14-29(16-15-28)24(30)17-23(20-9-4-3-5-10-20)27-25(31)21-11-6-7-12-22(21)26/h3-7,9-12,19,23H,8,13-18H2,1-2H3,(H,27,31). The lowest BCUT2D eigenvalue weighted by Gasteiger charge is -2.26. The minimum atomic E-state index is -0.410. The van der Waals surface area contributed by atoms with Gasteiger partial charge in [0.1, 0.15) is 0 Å². The highest BCUT2D eigenvalue weighted by molar-refractivity contribution is 6.33. The Bertz CT molecular complexity index is 872. The van der Waals surface area contributed by atoms with Gasteiger partial charge in [0.2, 0.25) is 5.91 Å². The third-order valence-electron chi connectivity index (χ3n) is 5.57. The van der Waals surface area contributed by atoms with Gasteiger partial charge in [-0.05, 0) is 36.6 Å². The van der Waals surface area contributed by atoms with Crippen molar-refractivity contribution in [2.24, 2.45) is 5.92 Å². The first-order valence-corrected chi connectivity index (χ1v) is 11.4. The van der Waals surface area contributed by atoms with Gasteiger partial charge in [-0.2, -0.15) is 0 Å². The zero-order valence-corrected chi connectivity index (χ0v) is 19.1. The molecular weight excluding hydrogens is 410 g/mol. The van der Waals surface area contributed by atoms with Gasteiger partial charge in [-0.25, -0.2) is 0 Å². The minimum absolute atomic E-state index is 0.0692. The third kappa shape index (κ3) is 6.81. The van der Waals surface area contributed by atoms with Crippen LogP contribution in [-0.2, 0) is 4.79 Å². The van der Waals surface area contributed by atoms with Crippen LogP contribution in [0.5, 0.6) is 0 Å². The first-order chi connectivity index (χ1) is 14.9. The summed E-state index contributed by atoms with van der Waals surface area (Å²) in [4.78, 5) is 30.4. The number of carbonyl (C=O) groups excluding carboxylic acids is 2. The maximum Gasteiger partial charge on any atom is 0.253 e. The van der Waals surface area contributed by atoms with Crippen molar-refractivity contribution in [2.45, 2.75) is 32.7 Å². The molecule has 1 heterocycles. The van der Waals surface area contributed by atoms with E-state index in [0.717, 1.165) is 44.7 Å². The fraction of sp³-hybridized carbons (Fsp3) is 0.440. The molecule has 1 unspecified atom stereocenters. The summed E-state index contributed by atoms with van der Waals surface area (Å²) in [6.07, 6.45) is 1.20. The summed E-state index contributed by atoms with van der Waals surface area (Å²) in [6, 6.07) is 16.2. The molecule has 2 aromatic rings. The maximum atomic E-state index is 13.2. The summed E-state index contributed by atoms with van der Waals surface area (Å²) < 4.78 is 0. The fourth-order valence-corrected chi connectivity index (χ4v) is 4.26. The highest BCUT2D eigenvalue weighted by Crippen LogP contribution is 2.21. The van der Waals surface area contributed by atoms with Crippen molar-refractivity contribution in [1.82, 2.24) is 15.1 Å². The molecule has 1 aliphatic heterocycles. The van der Waals surface area contributed by atoms with Gasteiger partial charge < -0.3 is 15.1 Å². The second-order valence-corrected chi connectivity index (χ2v) is 8.96. The SMILES string of the molecule is CC(C)CN1CCCN(C(=O)CC(NC(=O)c2ccccc2Cl)c2ccccc2)CC1. The average molecular weight is 442 g/mol. The van der Waals surface area contributed by atoms with Crippen LogP contribution in [0.15, 0.2) is 54.6 Å². The first kappa shape index (κ1) is 23.3. The first-order valence-electron chi connectivity index (χ1n) is 11.0. The number of amides is 2. The maximum absolute atomic E-state index is 13.2. The van der Waals surface area contributed by atoms with E-state index >= 15 is 0 Å². The Balaban J connectivity index is 1.69. The molecule has 1 atom stereocenters. The number of carbonyl (C=O) groups is 2. The molecule has 0 saturated carbocycles. The van der Waals surface area contributed by atoms with E-state index in [0.29, 0.717) is 16.5 Å². The van der Waals surface area contributed by atoms with Gasteiger partial charge in [0.25, 0.3) is 5.91 Å². The Morgan fingerprint density at radius 1 is 0.968 bits per heavy atom. The van der Waals surface area contributed by atoms with Crippen LogP contribution >= 0.6 is 11.6 Å². The van der Waals surface area contributed by atoms with Crippen molar-refractivity contribution >= 4 is 23.4 Å². The molecule has 2 amide bonds. The molecule has 3 rings (SSSR count). The zero-order chi connectivity index (χ0) is 22.2. The molecule has 1 saturated heterocycles. The number of nitrogens with one attached hydrogen (secondary N) is 1. The molecule has 6 heteroatoms. The zero-order valence-electron chi connectivity index (χ0n) is 18.4. The lowest BCUT2D eigenvalue weighted by atomic mass is 10.0. The van der Waals surface area contributed by atoms with Gasteiger partial charge in [-0.3, -0.25) is 9.59 Å². The van der Waals surface area contributed by atoms with Crippen LogP contribution in [0.4, 0.5) is 0 Å². The van der Waals surface area contributed by atoms with Crippen molar-refractivity contribution in [1.29, 1.82) is 0 Å². The second-order valence-electron chi connectivity index (χ2n) is 8.55. The minimum Gasteiger partial charge on any atom is -0.345 e. The number of halogens is 1. The molecule has 0 bridgehead atoms. The van der Waals surface area contributed by atoms with Crippen LogP contribution in [-0.4, -0.2) is 54.3 Å². The highest BCUT2D eigenvalue weighted by atomic mass is 35.5. The van der Waals surface area contributed by atoms with Crippen LogP contribution in [0.3, 0.4) is 0 Å². The number of hydrogen-bond donors (Lipinski definition) is 1. The van der Waals surface area contributed by atoms with Gasteiger partial charge in [0, 0.05) is 26.2 Å². The lowest BCUT2D eigenvalue weighted by molar-refractivity contribution is -0.131. The molecule has 1 fully saturated rings. The van der Waals surface area contributed by atoms with E-state index in [1.807, 2.05) is 35.2 Å². The van der Waals surface area contributed by atoms with Gasteiger partial charge in [-0.1, -0.05) is 67.9 Å². The van der Waals surface area contributed by atoms with Crippen LogP contribution in [0, 0.1) is 5.92 Å². The molecule has 2 aromatic carbocycles. The molecule has 0 spiro atoms. The molecular formula is C25H32ClN3O2. The van der Waals surface area contributed by atoms with Crippen molar-refractivity contribution in [2.75, 3.05) is 32.7 Å². The second kappa shape index (κ2) is 11.3. The number of benzene rings is 2. The monoisotopic (exact) mass is 441 g/mol. The molecule has 0 aromatic heterocycles. The summed E-state index contributed by atoms with van der Waals surface area (Å²) in [7, 11) is 0. The van der Waals surface area contributed by atoms with Gasteiger partial charge in [0.05, 0.1) is 23.0 Å².